The third-order valence-electron chi connectivity index (χ3n) is 2.40. The lowest BCUT2D eigenvalue weighted by Crippen LogP contribution is -2.31. The zero-order chi connectivity index (χ0) is 15.2. The lowest BCUT2D eigenvalue weighted by Gasteiger charge is -2.09. The molecule has 0 aromatic heterocycles. The summed E-state index contributed by atoms with van der Waals surface area (Å²) >= 11 is 6.43. The van der Waals surface area contributed by atoms with Crippen molar-refractivity contribution in [3.8, 4) is 0 Å². The number of nitrogens with one attached hydrogen (secondary N) is 2. The largest absolute Gasteiger partial charge is 0.356 e. The van der Waals surface area contributed by atoms with Crippen LogP contribution in [0.4, 0.5) is 0 Å². The van der Waals surface area contributed by atoms with Gasteiger partial charge < -0.3 is 5.32 Å². The number of sulfonamides is 1. The molecule has 1 aromatic carbocycles. The molecule has 5 nitrogen and oxygen atoms in total. The Hall–Kier alpha value is -0.440. The summed E-state index contributed by atoms with van der Waals surface area (Å²) in [6, 6.07) is 4.89. The number of amides is 1. The molecule has 1 amide bonds. The van der Waals surface area contributed by atoms with Crippen LogP contribution in [-0.2, 0) is 14.8 Å². The van der Waals surface area contributed by atoms with E-state index in [9.17, 15) is 13.2 Å². The second kappa shape index (κ2) is 8.11. The van der Waals surface area contributed by atoms with Crippen molar-refractivity contribution >= 4 is 47.8 Å². The van der Waals surface area contributed by atoms with Gasteiger partial charge in [0, 0.05) is 28.5 Å². The number of benzene rings is 1. The summed E-state index contributed by atoms with van der Waals surface area (Å²) in [6.07, 6.45) is 0.966. The van der Waals surface area contributed by atoms with E-state index in [1.54, 1.807) is 12.1 Å². The van der Waals surface area contributed by atoms with Gasteiger partial charge in [-0.15, -0.1) is 0 Å². The molecule has 0 bridgehead atoms. The minimum Gasteiger partial charge on any atom is -0.356 e. The van der Waals surface area contributed by atoms with E-state index >= 15 is 0 Å². The molecule has 0 unspecified atom stereocenters. The van der Waals surface area contributed by atoms with Gasteiger partial charge in [-0.25, -0.2) is 13.1 Å². The molecule has 0 aliphatic carbocycles. The molecule has 2 N–H and O–H groups in total. The monoisotopic (exact) mass is 426 g/mol. The van der Waals surface area contributed by atoms with E-state index in [0.717, 1.165) is 6.42 Å². The van der Waals surface area contributed by atoms with Crippen LogP contribution in [0.15, 0.2) is 32.0 Å². The molecule has 1 rings (SSSR count). The summed E-state index contributed by atoms with van der Waals surface area (Å²) in [5.41, 5.74) is 0. The highest BCUT2D eigenvalue weighted by atomic mass is 79.9. The number of carbonyl (C=O) groups excluding carboxylic acids is 1. The first-order chi connectivity index (χ1) is 9.36. The highest BCUT2D eigenvalue weighted by Gasteiger charge is 2.17. The molecular formula is C12H16Br2N2O3S. The third kappa shape index (κ3) is 5.51. The van der Waals surface area contributed by atoms with Crippen LogP contribution in [0, 0.1) is 0 Å². The second-order valence-electron chi connectivity index (χ2n) is 4.07. The molecule has 8 heteroatoms. The Labute approximate surface area is 135 Å². The number of carbonyl (C=O) groups is 1. The fourth-order valence-corrected chi connectivity index (χ4v) is 3.94. The normalized spacial score (nSPS) is 11.3. The molecule has 0 saturated carbocycles. The zero-order valence-electron chi connectivity index (χ0n) is 10.9. The molecule has 112 valence electrons. The molecule has 0 spiro atoms. The lowest BCUT2D eigenvalue weighted by atomic mass is 10.4. The Morgan fingerprint density at radius 1 is 1.25 bits per heavy atom. The van der Waals surface area contributed by atoms with Crippen LogP contribution >= 0.6 is 31.9 Å². The van der Waals surface area contributed by atoms with E-state index in [1.807, 2.05) is 6.92 Å². The Morgan fingerprint density at radius 2 is 1.95 bits per heavy atom. The van der Waals surface area contributed by atoms with Crippen LogP contribution in [0.3, 0.4) is 0 Å². The van der Waals surface area contributed by atoms with Gasteiger partial charge in [0.1, 0.15) is 0 Å². The SMILES string of the molecule is CCCNC(=O)CCNS(=O)(=O)c1cc(Br)ccc1Br. The van der Waals surface area contributed by atoms with Crippen molar-refractivity contribution in [2.75, 3.05) is 13.1 Å². The Bertz CT molecular complexity index is 576. The van der Waals surface area contributed by atoms with E-state index < -0.39 is 10.0 Å². The van der Waals surface area contributed by atoms with Crippen molar-refractivity contribution < 1.29 is 13.2 Å². The van der Waals surface area contributed by atoms with Crippen molar-refractivity contribution in [3.63, 3.8) is 0 Å². The second-order valence-corrected chi connectivity index (χ2v) is 7.58. The standard InChI is InChI=1S/C12H16Br2N2O3S/c1-2-6-15-12(17)5-7-16-20(18,19)11-8-9(13)3-4-10(11)14/h3-4,8,16H,2,5-7H2,1H3,(H,15,17). The molecule has 0 heterocycles. The first-order valence-corrected chi connectivity index (χ1v) is 9.15. The highest BCUT2D eigenvalue weighted by molar-refractivity contribution is 9.11. The van der Waals surface area contributed by atoms with Gasteiger partial charge >= 0.3 is 0 Å². The summed E-state index contributed by atoms with van der Waals surface area (Å²) in [7, 11) is -3.64. The fraction of sp³-hybridized carbons (Fsp3) is 0.417. The van der Waals surface area contributed by atoms with Crippen molar-refractivity contribution in [1.29, 1.82) is 0 Å². The van der Waals surface area contributed by atoms with E-state index in [1.165, 1.54) is 6.07 Å². The number of hydrogen-bond donors (Lipinski definition) is 2. The first kappa shape index (κ1) is 17.6. The molecular weight excluding hydrogens is 412 g/mol. The van der Waals surface area contributed by atoms with Gasteiger partial charge in [-0.2, -0.15) is 0 Å². The van der Waals surface area contributed by atoms with Gasteiger partial charge in [-0.1, -0.05) is 22.9 Å². The topological polar surface area (TPSA) is 75.3 Å². The first-order valence-electron chi connectivity index (χ1n) is 6.08. The van der Waals surface area contributed by atoms with E-state index in [4.69, 9.17) is 0 Å². The summed E-state index contributed by atoms with van der Waals surface area (Å²) in [5, 5.41) is 2.69. The number of halogens is 2. The smallest absolute Gasteiger partial charge is 0.241 e. The van der Waals surface area contributed by atoms with Crippen molar-refractivity contribution in [2.24, 2.45) is 0 Å². The van der Waals surface area contributed by atoms with Crippen molar-refractivity contribution in [3.05, 3.63) is 27.1 Å². The molecule has 0 aliphatic rings. The zero-order valence-corrected chi connectivity index (χ0v) is 14.9. The van der Waals surface area contributed by atoms with Crippen LogP contribution < -0.4 is 10.0 Å². The van der Waals surface area contributed by atoms with Crippen LogP contribution in [0.1, 0.15) is 19.8 Å². The predicted molar refractivity (Wildman–Crippen MR) is 84.9 cm³/mol. The molecule has 0 fully saturated rings. The van der Waals surface area contributed by atoms with Gasteiger partial charge in [0.05, 0.1) is 4.90 Å². The van der Waals surface area contributed by atoms with Crippen LogP contribution in [0.2, 0.25) is 0 Å². The lowest BCUT2D eigenvalue weighted by molar-refractivity contribution is -0.120. The fourth-order valence-electron chi connectivity index (χ4n) is 1.41. The maximum absolute atomic E-state index is 12.1. The van der Waals surface area contributed by atoms with Gasteiger partial charge in [0.2, 0.25) is 15.9 Å². The summed E-state index contributed by atoms with van der Waals surface area (Å²) in [5.74, 6) is -0.164. The number of rotatable bonds is 7. The van der Waals surface area contributed by atoms with Crippen LogP contribution in [0.25, 0.3) is 0 Å². The Balaban J connectivity index is 2.62. The molecule has 1 aromatic rings. The van der Waals surface area contributed by atoms with E-state index in [0.29, 0.717) is 15.5 Å². The summed E-state index contributed by atoms with van der Waals surface area (Å²) < 4.78 is 27.8. The average Bonchev–Trinajstić information content (AvgIpc) is 2.38. The van der Waals surface area contributed by atoms with Crippen LogP contribution in [-0.4, -0.2) is 27.4 Å². The molecule has 0 aliphatic heterocycles. The highest BCUT2D eigenvalue weighted by Crippen LogP contribution is 2.25. The molecule has 0 saturated heterocycles. The molecule has 0 radical (unpaired) electrons. The molecule has 0 atom stereocenters. The Morgan fingerprint density at radius 3 is 2.60 bits per heavy atom. The van der Waals surface area contributed by atoms with Gasteiger partial charge in [-0.05, 0) is 40.5 Å². The van der Waals surface area contributed by atoms with Crippen molar-refractivity contribution in [1.82, 2.24) is 10.0 Å². The maximum Gasteiger partial charge on any atom is 0.241 e. The van der Waals surface area contributed by atoms with E-state index in [2.05, 4.69) is 41.9 Å². The summed E-state index contributed by atoms with van der Waals surface area (Å²) in [4.78, 5) is 11.5. The minimum atomic E-state index is -3.64. The van der Waals surface area contributed by atoms with Gasteiger partial charge in [0.25, 0.3) is 0 Å². The van der Waals surface area contributed by atoms with Crippen LogP contribution in [0.5, 0.6) is 0 Å². The summed E-state index contributed by atoms with van der Waals surface area (Å²) in [6.45, 7) is 2.62. The third-order valence-corrected chi connectivity index (χ3v) is 5.35. The number of hydrogen-bond acceptors (Lipinski definition) is 3. The van der Waals surface area contributed by atoms with Crippen molar-refractivity contribution in [2.45, 2.75) is 24.7 Å². The maximum atomic E-state index is 12.1. The molecule has 20 heavy (non-hydrogen) atoms. The predicted octanol–water partition coefficient (Wildman–Crippen LogP) is 2.41. The van der Waals surface area contributed by atoms with Gasteiger partial charge in [0.15, 0.2) is 0 Å². The average molecular weight is 428 g/mol. The Kier molecular flexibility index (Phi) is 7.14. The minimum absolute atomic E-state index is 0.0663. The van der Waals surface area contributed by atoms with Gasteiger partial charge in [-0.3, -0.25) is 4.79 Å². The quantitative estimate of drug-likeness (QED) is 0.701. The van der Waals surface area contributed by atoms with E-state index in [-0.39, 0.29) is 23.8 Å².